The number of benzene rings is 1. The lowest BCUT2D eigenvalue weighted by Gasteiger charge is -2.05. The van der Waals surface area contributed by atoms with Crippen molar-refractivity contribution in [1.82, 2.24) is 4.72 Å². The lowest BCUT2D eigenvalue weighted by molar-refractivity contribution is -0.117. The van der Waals surface area contributed by atoms with Gasteiger partial charge in [-0.3, -0.25) is 4.79 Å². The van der Waals surface area contributed by atoms with Crippen LogP contribution in [0.1, 0.15) is 16.8 Å². The van der Waals surface area contributed by atoms with Crippen LogP contribution >= 0.6 is 0 Å². The average molecular weight is 272 g/mol. The molecule has 98 valence electrons. The van der Waals surface area contributed by atoms with E-state index in [2.05, 4.69) is 4.72 Å². The van der Waals surface area contributed by atoms with Gasteiger partial charge in [0.15, 0.2) is 0 Å². The van der Waals surface area contributed by atoms with E-state index in [0.717, 1.165) is 0 Å². The summed E-state index contributed by atoms with van der Waals surface area (Å²) in [5.74, 6) is -1.75. The van der Waals surface area contributed by atoms with Crippen LogP contribution in [0.5, 0.6) is 0 Å². The van der Waals surface area contributed by atoms with Crippen LogP contribution in [0.25, 0.3) is 0 Å². The van der Waals surface area contributed by atoms with Crippen LogP contribution in [0.4, 0.5) is 0 Å². The predicted molar refractivity (Wildman–Crippen MR) is 62.4 cm³/mol. The van der Waals surface area contributed by atoms with E-state index in [-0.39, 0.29) is 23.4 Å². The maximum absolute atomic E-state index is 11.7. The Morgan fingerprint density at radius 2 is 1.78 bits per heavy atom. The van der Waals surface area contributed by atoms with Gasteiger partial charge in [0.05, 0.1) is 10.5 Å². The van der Waals surface area contributed by atoms with Gasteiger partial charge in [-0.15, -0.1) is 0 Å². The molecule has 1 aromatic rings. The van der Waals surface area contributed by atoms with Crippen LogP contribution in [-0.4, -0.2) is 31.9 Å². The van der Waals surface area contributed by atoms with Gasteiger partial charge in [-0.1, -0.05) is 0 Å². The Labute approximate surface area is 104 Å². The third kappa shape index (κ3) is 3.82. The summed E-state index contributed by atoms with van der Waals surface area (Å²) in [7, 11) is -3.75. The summed E-state index contributed by atoms with van der Waals surface area (Å²) in [4.78, 5) is 21.0. The second-order valence-corrected chi connectivity index (χ2v) is 5.21. The highest BCUT2D eigenvalue weighted by atomic mass is 32.2. The molecule has 0 unspecified atom stereocenters. The molecule has 1 aromatic carbocycles. The first kappa shape index (κ1) is 14.1. The summed E-state index contributed by atoms with van der Waals surface area (Å²) in [6.45, 7) is -0.0989. The number of nitrogens with two attached hydrogens (primary N) is 1. The molecule has 0 aliphatic carbocycles. The zero-order valence-corrected chi connectivity index (χ0v) is 10.1. The van der Waals surface area contributed by atoms with Gasteiger partial charge in [0.25, 0.3) is 0 Å². The first-order valence-electron chi connectivity index (χ1n) is 4.94. The van der Waals surface area contributed by atoms with Gasteiger partial charge >= 0.3 is 5.97 Å². The zero-order valence-electron chi connectivity index (χ0n) is 9.29. The van der Waals surface area contributed by atoms with E-state index in [1.54, 1.807) is 0 Å². The van der Waals surface area contributed by atoms with Gasteiger partial charge in [-0.25, -0.2) is 17.9 Å². The number of primary amides is 1. The van der Waals surface area contributed by atoms with Gasteiger partial charge in [-0.2, -0.15) is 0 Å². The number of carbonyl (C=O) groups excluding carboxylic acids is 1. The fraction of sp³-hybridized carbons (Fsp3) is 0.200. The number of carboxylic acid groups (broad SMARTS) is 1. The summed E-state index contributed by atoms with van der Waals surface area (Å²) >= 11 is 0. The second-order valence-electron chi connectivity index (χ2n) is 3.44. The van der Waals surface area contributed by atoms with Crippen molar-refractivity contribution in [3.05, 3.63) is 29.8 Å². The topological polar surface area (TPSA) is 127 Å². The molecule has 7 nitrogen and oxygen atoms in total. The van der Waals surface area contributed by atoms with E-state index in [9.17, 15) is 18.0 Å². The van der Waals surface area contributed by atoms with Gasteiger partial charge in [0, 0.05) is 13.0 Å². The van der Waals surface area contributed by atoms with E-state index < -0.39 is 21.9 Å². The maximum atomic E-state index is 11.7. The summed E-state index contributed by atoms with van der Waals surface area (Å²) in [6, 6.07) is 4.72. The third-order valence-corrected chi connectivity index (χ3v) is 3.55. The number of amides is 1. The normalized spacial score (nSPS) is 11.1. The smallest absolute Gasteiger partial charge is 0.335 e. The molecule has 4 N–H and O–H groups in total. The number of rotatable bonds is 6. The van der Waals surface area contributed by atoms with Crippen LogP contribution in [0.15, 0.2) is 29.2 Å². The summed E-state index contributed by atoms with van der Waals surface area (Å²) in [5, 5.41) is 8.66. The van der Waals surface area contributed by atoms with E-state index in [1.807, 2.05) is 0 Å². The van der Waals surface area contributed by atoms with Crippen molar-refractivity contribution in [1.29, 1.82) is 0 Å². The quantitative estimate of drug-likeness (QED) is 0.645. The molecule has 0 atom stereocenters. The Morgan fingerprint density at radius 1 is 1.22 bits per heavy atom. The first-order valence-corrected chi connectivity index (χ1v) is 6.42. The van der Waals surface area contributed by atoms with Crippen LogP contribution in [0, 0.1) is 0 Å². The van der Waals surface area contributed by atoms with Crippen molar-refractivity contribution < 1.29 is 23.1 Å². The standard InChI is InChI=1S/C10H12N2O5S/c11-9(13)5-6-12-18(16,17)8-3-1-7(2-4-8)10(14)15/h1-4,12H,5-6H2,(H2,11,13)(H,14,15). The Morgan fingerprint density at radius 3 is 2.22 bits per heavy atom. The molecular formula is C10H12N2O5S. The largest absolute Gasteiger partial charge is 0.478 e. The van der Waals surface area contributed by atoms with Gasteiger partial charge < -0.3 is 10.8 Å². The van der Waals surface area contributed by atoms with Crippen molar-refractivity contribution in [2.24, 2.45) is 5.73 Å². The van der Waals surface area contributed by atoms with Gasteiger partial charge in [0.2, 0.25) is 15.9 Å². The zero-order chi connectivity index (χ0) is 13.8. The van der Waals surface area contributed by atoms with Crippen molar-refractivity contribution in [2.45, 2.75) is 11.3 Å². The Bertz CT molecular complexity index is 550. The number of aromatic carboxylic acids is 1. The molecule has 0 heterocycles. The molecule has 18 heavy (non-hydrogen) atoms. The first-order chi connectivity index (χ1) is 8.33. The molecule has 0 saturated carbocycles. The second kappa shape index (κ2) is 5.61. The van der Waals surface area contributed by atoms with E-state index in [0.29, 0.717) is 0 Å². The molecule has 0 radical (unpaired) electrons. The predicted octanol–water partition coefficient (Wildman–Crippen LogP) is -0.462. The Balaban J connectivity index is 2.79. The average Bonchev–Trinajstić information content (AvgIpc) is 2.28. The SMILES string of the molecule is NC(=O)CCNS(=O)(=O)c1ccc(C(=O)O)cc1. The lowest BCUT2D eigenvalue weighted by Crippen LogP contribution is -2.28. The van der Waals surface area contributed by atoms with Gasteiger partial charge in [-0.05, 0) is 24.3 Å². The summed E-state index contributed by atoms with van der Waals surface area (Å²) < 4.78 is 25.5. The fourth-order valence-corrected chi connectivity index (χ4v) is 2.20. The number of sulfonamides is 1. The Kier molecular flexibility index (Phi) is 4.40. The maximum Gasteiger partial charge on any atom is 0.335 e. The number of nitrogens with one attached hydrogen (secondary N) is 1. The lowest BCUT2D eigenvalue weighted by atomic mass is 10.2. The molecule has 0 fully saturated rings. The molecule has 1 amide bonds. The molecule has 0 bridgehead atoms. The van der Waals surface area contributed by atoms with Crippen LogP contribution < -0.4 is 10.5 Å². The van der Waals surface area contributed by atoms with E-state index in [1.165, 1.54) is 24.3 Å². The fourth-order valence-electron chi connectivity index (χ4n) is 1.17. The highest BCUT2D eigenvalue weighted by Gasteiger charge is 2.14. The molecule has 0 aliphatic rings. The van der Waals surface area contributed by atoms with E-state index >= 15 is 0 Å². The minimum absolute atomic E-state index is 0.00825. The third-order valence-electron chi connectivity index (χ3n) is 2.08. The van der Waals surface area contributed by atoms with E-state index in [4.69, 9.17) is 10.8 Å². The highest BCUT2D eigenvalue weighted by molar-refractivity contribution is 7.89. The molecule has 0 aliphatic heterocycles. The van der Waals surface area contributed by atoms with Crippen molar-refractivity contribution in [3.63, 3.8) is 0 Å². The van der Waals surface area contributed by atoms with Crippen molar-refractivity contribution in [2.75, 3.05) is 6.54 Å². The monoisotopic (exact) mass is 272 g/mol. The van der Waals surface area contributed by atoms with Crippen LogP contribution in [-0.2, 0) is 14.8 Å². The molecule has 8 heteroatoms. The Hall–Kier alpha value is -1.93. The number of hydrogen-bond acceptors (Lipinski definition) is 4. The minimum Gasteiger partial charge on any atom is -0.478 e. The molecular weight excluding hydrogens is 260 g/mol. The van der Waals surface area contributed by atoms with Crippen molar-refractivity contribution >= 4 is 21.9 Å². The molecule has 0 aromatic heterocycles. The minimum atomic E-state index is -3.75. The van der Waals surface area contributed by atoms with Crippen LogP contribution in [0.2, 0.25) is 0 Å². The van der Waals surface area contributed by atoms with Gasteiger partial charge in [0.1, 0.15) is 0 Å². The molecule has 0 spiro atoms. The van der Waals surface area contributed by atoms with Crippen molar-refractivity contribution in [3.8, 4) is 0 Å². The number of carboxylic acids is 1. The number of hydrogen-bond donors (Lipinski definition) is 3. The molecule has 0 saturated heterocycles. The summed E-state index contributed by atoms with van der Waals surface area (Å²) in [5.41, 5.74) is 4.87. The highest BCUT2D eigenvalue weighted by Crippen LogP contribution is 2.10. The number of carbonyl (C=O) groups is 2. The summed E-state index contributed by atoms with van der Waals surface area (Å²) in [6.07, 6.45) is -0.105. The van der Waals surface area contributed by atoms with Crippen LogP contribution in [0.3, 0.4) is 0 Å². The molecule has 1 rings (SSSR count).